The first-order valence-electron chi connectivity index (χ1n) is 6.52. The zero-order valence-corrected chi connectivity index (χ0v) is 12.7. The second-order valence-corrected chi connectivity index (χ2v) is 7.00. The summed E-state index contributed by atoms with van der Waals surface area (Å²) in [5, 5.41) is 3.15. The molecule has 5 heteroatoms. The Morgan fingerprint density at radius 2 is 1.95 bits per heavy atom. The molecule has 4 nitrogen and oxygen atoms in total. The Morgan fingerprint density at radius 1 is 1.26 bits per heavy atom. The molecule has 1 aromatic carbocycles. The Morgan fingerprint density at radius 3 is 2.58 bits per heavy atom. The highest BCUT2D eigenvalue weighted by Crippen LogP contribution is 2.20. The second-order valence-electron chi connectivity index (χ2n) is 5.02. The molecule has 0 radical (unpaired) electrons. The third-order valence-electron chi connectivity index (χ3n) is 2.52. The van der Waals surface area contributed by atoms with Crippen LogP contribution in [-0.2, 0) is 14.6 Å². The van der Waals surface area contributed by atoms with Gasteiger partial charge in [0.2, 0.25) is 0 Å². The van der Waals surface area contributed by atoms with Gasteiger partial charge in [-0.2, -0.15) is 0 Å². The summed E-state index contributed by atoms with van der Waals surface area (Å²) in [6, 6.07) is 6.96. The molecule has 0 bridgehead atoms. The minimum absolute atomic E-state index is 0.345. The van der Waals surface area contributed by atoms with Crippen LogP contribution in [0.4, 0.5) is 5.69 Å². The zero-order chi connectivity index (χ0) is 14.3. The monoisotopic (exact) mass is 285 g/mol. The topological polar surface area (TPSA) is 55.4 Å². The van der Waals surface area contributed by atoms with Crippen molar-refractivity contribution in [3.8, 4) is 0 Å². The van der Waals surface area contributed by atoms with Gasteiger partial charge in [0.05, 0.1) is 10.6 Å². The molecule has 0 atom stereocenters. The molecule has 0 aliphatic heterocycles. The van der Waals surface area contributed by atoms with Gasteiger partial charge in [-0.15, -0.1) is 0 Å². The van der Waals surface area contributed by atoms with Crippen LogP contribution in [-0.4, -0.2) is 34.4 Å². The molecule has 0 aliphatic carbocycles. The van der Waals surface area contributed by atoms with Crippen LogP contribution < -0.4 is 5.32 Å². The molecule has 1 aromatic rings. The van der Waals surface area contributed by atoms with Crippen LogP contribution in [0.3, 0.4) is 0 Å². The average Bonchev–Trinajstić information content (AvgIpc) is 2.32. The van der Waals surface area contributed by atoms with E-state index in [1.165, 1.54) is 6.26 Å². The fourth-order valence-corrected chi connectivity index (χ4v) is 2.52. The molecule has 0 spiro atoms. The summed E-state index contributed by atoms with van der Waals surface area (Å²) in [5.74, 6) is 0.541. The predicted octanol–water partition coefficient (Wildman–Crippen LogP) is 2.56. The molecule has 0 saturated carbocycles. The van der Waals surface area contributed by atoms with Crippen molar-refractivity contribution in [1.29, 1.82) is 0 Å². The number of ether oxygens (including phenoxy) is 1. The van der Waals surface area contributed by atoms with E-state index < -0.39 is 9.84 Å². The molecule has 0 saturated heterocycles. The SMILES string of the molecule is CC(C)COCCCNc1ccccc1S(C)(=O)=O. The van der Waals surface area contributed by atoms with Gasteiger partial charge >= 0.3 is 0 Å². The van der Waals surface area contributed by atoms with Gasteiger partial charge in [-0.25, -0.2) is 8.42 Å². The zero-order valence-electron chi connectivity index (χ0n) is 11.8. The Balaban J connectivity index is 2.42. The van der Waals surface area contributed by atoms with Gasteiger partial charge in [-0.05, 0) is 24.5 Å². The van der Waals surface area contributed by atoms with Crippen LogP contribution in [0.1, 0.15) is 20.3 Å². The fraction of sp³-hybridized carbons (Fsp3) is 0.571. The van der Waals surface area contributed by atoms with Crippen molar-refractivity contribution >= 4 is 15.5 Å². The maximum absolute atomic E-state index is 11.6. The number of hydrogen-bond acceptors (Lipinski definition) is 4. The largest absolute Gasteiger partial charge is 0.384 e. The summed E-state index contributed by atoms with van der Waals surface area (Å²) in [5.41, 5.74) is 0.661. The summed E-state index contributed by atoms with van der Waals surface area (Å²) in [6.45, 7) is 6.37. The summed E-state index contributed by atoms with van der Waals surface area (Å²) >= 11 is 0. The van der Waals surface area contributed by atoms with Gasteiger partial charge in [0, 0.05) is 26.0 Å². The van der Waals surface area contributed by atoms with Gasteiger partial charge < -0.3 is 10.1 Å². The van der Waals surface area contributed by atoms with Crippen molar-refractivity contribution in [3.05, 3.63) is 24.3 Å². The molecule has 19 heavy (non-hydrogen) atoms. The van der Waals surface area contributed by atoms with E-state index in [0.717, 1.165) is 13.0 Å². The maximum Gasteiger partial charge on any atom is 0.177 e. The van der Waals surface area contributed by atoms with E-state index in [4.69, 9.17) is 4.74 Å². The number of anilines is 1. The van der Waals surface area contributed by atoms with Crippen molar-refractivity contribution in [2.24, 2.45) is 5.92 Å². The molecule has 0 aliphatic rings. The summed E-state index contributed by atoms with van der Waals surface area (Å²) in [7, 11) is -3.19. The highest BCUT2D eigenvalue weighted by Gasteiger charge is 2.11. The normalized spacial score (nSPS) is 11.8. The Labute approximate surface area is 116 Å². The highest BCUT2D eigenvalue weighted by atomic mass is 32.2. The molecule has 0 fully saturated rings. The lowest BCUT2D eigenvalue weighted by Crippen LogP contribution is -2.10. The number of hydrogen-bond donors (Lipinski definition) is 1. The van der Waals surface area contributed by atoms with E-state index in [9.17, 15) is 8.42 Å². The second kappa shape index (κ2) is 7.50. The van der Waals surface area contributed by atoms with Gasteiger partial charge in [0.15, 0.2) is 9.84 Å². The van der Waals surface area contributed by atoms with Crippen molar-refractivity contribution < 1.29 is 13.2 Å². The molecule has 0 amide bonds. The van der Waals surface area contributed by atoms with Crippen LogP contribution in [0, 0.1) is 5.92 Å². The van der Waals surface area contributed by atoms with Crippen LogP contribution in [0.15, 0.2) is 29.2 Å². The first kappa shape index (κ1) is 16.0. The van der Waals surface area contributed by atoms with Gasteiger partial charge in [0.1, 0.15) is 0 Å². The molecule has 0 heterocycles. The van der Waals surface area contributed by atoms with Crippen LogP contribution in [0.25, 0.3) is 0 Å². The molecule has 1 rings (SSSR count). The number of nitrogens with one attached hydrogen (secondary N) is 1. The first-order chi connectivity index (χ1) is 8.91. The third kappa shape index (κ3) is 6.07. The van der Waals surface area contributed by atoms with E-state index in [1.807, 2.05) is 6.07 Å². The number of benzene rings is 1. The van der Waals surface area contributed by atoms with Gasteiger partial charge in [0.25, 0.3) is 0 Å². The van der Waals surface area contributed by atoms with Crippen LogP contribution >= 0.6 is 0 Å². The van der Waals surface area contributed by atoms with E-state index in [-0.39, 0.29) is 0 Å². The van der Waals surface area contributed by atoms with E-state index in [2.05, 4.69) is 19.2 Å². The Hall–Kier alpha value is -1.07. The summed E-state index contributed by atoms with van der Waals surface area (Å²) < 4.78 is 28.7. The lowest BCUT2D eigenvalue weighted by atomic mass is 10.2. The number of sulfone groups is 1. The van der Waals surface area contributed by atoms with Crippen molar-refractivity contribution in [2.75, 3.05) is 31.3 Å². The van der Waals surface area contributed by atoms with E-state index in [0.29, 0.717) is 29.7 Å². The van der Waals surface area contributed by atoms with Crippen molar-refractivity contribution in [1.82, 2.24) is 0 Å². The Kier molecular flexibility index (Phi) is 6.31. The lowest BCUT2D eigenvalue weighted by Gasteiger charge is -2.11. The third-order valence-corrected chi connectivity index (χ3v) is 3.67. The Bertz CT molecular complexity index is 483. The van der Waals surface area contributed by atoms with Crippen molar-refractivity contribution in [3.63, 3.8) is 0 Å². The maximum atomic E-state index is 11.6. The van der Waals surface area contributed by atoms with E-state index >= 15 is 0 Å². The number of rotatable bonds is 8. The smallest absolute Gasteiger partial charge is 0.177 e. The molecular formula is C14H23NO3S. The van der Waals surface area contributed by atoms with E-state index in [1.54, 1.807) is 18.2 Å². The number of para-hydroxylation sites is 1. The highest BCUT2D eigenvalue weighted by molar-refractivity contribution is 7.90. The van der Waals surface area contributed by atoms with Crippen molar-refractivity contribution in [2.45, 2.75) is 25.2 Å². The summed E-state index contributed by atoms with van der Waals surface area (Å²) in [4.78, 5) is 0.345. The molecule has 0 unspecified atom stereocenters. The minimum atomic E-state index is -3.19. The standard InChI is InChI=1S/C14H23NO3S/c1-12(2)11-18-10-6-9-15-13-7-4-5-8-14(13)19(3,16)17/h4-5,7-8,12,15H,6,9-11H2,1-3H3. The molecule has 1 N–H and O–H groups in total. The summed E-state index contributed by atoms with van der Waals surface area (Å²) in [6.07, 6.45) is 2.07. The molecule has 0 aromatic heterocycles. The van der Waals surface area contributed by atoms with Gasteiger partial charge in [-0.1, -0.05) is 26.0 Å². The quantitative estimate of drug-likeness (QED) is 0.746. The van der Waals surface area contributed by atoms with Crippen LogP contribution in [0.2, 0.25) is 0 Å². The van der Waals surface area contributed by atoms with Gasteiger partial charge in [-0.3, -0.25) is 0 Å². The lowest BCUT2D eigenvalue weighted by molar-refractivity contribution is 0.110. The predicted molar refractivity (Wildman–Crippen MR) is 78.3 cm³/mol. The first-order valence-corrected chi connectivity index (χ1v) is 8.41. The fourth-order valence-electron chi connectivity index (χ4n) is 1.65. The molecule has 108 valence electrons. The minimum Gasteiger partial charge on any atom is -0.384 e. The average molecular weight is 285 g/mol. The van der Waals surface area contributed by atoms with Crippen LogP contribution in [0.5, 0.6) is 0 Å². The molecular weight excluding hydrogens is 262 g/mol.